The van der Waals surface area contributed by atoms with Gasteiger partial charge in [-0.2, -0.15) is 18.3 Å². The number of ether oxygens (including phenoxy) is 1. The highest BCUT2D eigenvalue weighted by Gasteiger charge is 2.31. The Kier molecular flexibility index (Phi) is 3.51. The molecule has 3 aromatic rings. The number of H-pyrrole nitrogens is 1. The second-order valence-electron chi connectivity index (χ2n) is 4.40. The van der Waals surface area contributed by atoms with Crippen LogP contribution in [-0.2, 0) is 6.18 Å². The first-order valence-electron chi connectivity index (χ1n) is 5.96. The minimum absolute atomic E-state index is 0.0481. The summed E-state index contributed by atoms with van der Waals surface area (Å²) in [7, 11) is 0. The quantitative estimate of drug-likeness (QED) is 0.652. The van der Waals surface area contributed by atoms with Gasteiger partial charge in [-0.15, -0.1) is 0 Å². The molecule has 0 amide bonds. The molecular weight excluding hydrogens is 385 g/mol. The van der Waals surface area contributed by atoms with Gasteiger partial charge in [-0.3, -0.25) is 0 Å². The van der Waals surface area contributed by atoms with Crippen molar-refractivity contribution in [2.45, 2.75) is 6.18 Å². The number of fused-ring (bicyclic) bond motifs is 1. The molecule has 0 radical (unpaired) electrons. The van der Waals surface area contributed by atoms with E-state index in [-0.39, 0.29) is 27.2 Å². The van der Waals surface area contributed by atoms with E-state index < -0.39 is 17.9 Å². The van der Waals surface area contributed by atoms with Gasteiger partial charge in [0.15, 0.2) is 5.75 Å². The molecule has 1 aromatic carbocycles. The van der Waals surface area contributed by atoms with Crippen molar-refractivity contribution in [3.63, 3.8) is 0 Å². The first-order chi connectivity index (χ1) is 10.7. The van der Waals surface area contributed by atoms with Crippen LogP contribution < -0.4 is 4.74 Å². The maximum Gasteiger partial charge on any atom is 0.511 e. The average molecular weight is 391 g/mol. The summed E-state index contributed by atoms with van der Waals surface area (Å²) >= 11 is 3.05. The topological polar surface area (TPSA) is 93.0 Å². The Morgan fingerprint density at radius 3 is 2.78 bits per heavy atom. The Balaban J connectivity index is 2.04. The van der Waals surface area contributed by atoms with Crippen molar-refractivity contribution < 1.29 is 27.8 Å². The number of imidazole rings is 1. The summed E-state index contributed by atoms with van der Waals surface area (Å²) in [6.45, 7) is 0. The second kappa shape index (κ2) is 5.26. The third kappa shape index (κ3) is 2.99. The Morgan fingerprint density at radius 2 is 2.13 bits per heavy atom. The summed E-state index contributed by atoms with van der Waals surface area (Å²) in [5, 5.41) is 12.3. The first kappa shape index (κ1) is 15.3. The summed E-state index contributed by atoms with van der Waals surface area (Å²) in [5.74, 6) is 0.0632. The van der Waals surface area contributed by atoms with Crippen molar-refractivity contribution in [2.24, 2.45) is 0 Å². The van der Waals surface area contributed by atoms with Crippen LogP contribution in [0.4, 0.5) is 18.0 Å². The minimum atomic E-state index is -4.49. The number of hydrogen-bond acceptors (Lipinski definition) is 4. The molecule has 0 spiro atoms. The standard InChI is InChI=1S/C12H6BrF3N4O3/c13-7-1-5(12(14,15)16)2-8-9(7)19-10(18-8)20-4-6(3-17-20)23-11(21)22/h1-4H,(H,18,19)(H,21,22). The lowest BCUT2D eigenvalue weighted by atomic mass is 10.2. The zero-order valence-corrected chi connectivity index (χ0v) is 12.5. The van der Waals surface area contributed by atoms with Crippen LogP contribution in [0.3, 0.4) is 0 Å². The second-order valence-corrected chi connectivity index (χ2v) is 5.26. The van der Waals surface area contributed by atoms with Gasteiger partial charge in [0.1, 0.15) is 5.52 Å². The van der Waals surface area contributed by atoms with Gasteiger partial charge in [0.05, 0.1) is 23.5 Å². The highest BCUT2D eigenvalue weighted by molar-refractivity contribution is 9.10. The molecule has 0 atom stereocenters. The van der Waals surface area contributed by atoms with Gasteiger partial charge in [-0.05, 0) is 28.1 Å². The van der Waals surface area contributed by atoms with Crippen molar-refractivity contribution in [3.05, 3.63) is 34.6 Å². The number of nitrogens with zero attached hydrogens (tertiary/aromatic N) is 3. The van der Waals surface area contributed by atoms with Crippen molar-refractivity contribution in [2.75, 3.05) is 0 Å². The van der Waals surface area contributed by atoms with Crippen molar-refractivity contribution in [3.8, 4) is 11.7 Å². The molecule has 0 aliphatic carbocycles. The predicted molar refractivity (Wildman–Crippen MR) is 74.6 cm³/mol. The summed E-state index contributed by atoms with van der Waals surface area (Å²) < 4.78 is 44.1. The molecule has 0 aliphatic heterocycles. The number of carboxylic acid groups (broad SMARTS) is 1. The van der Waals surface area contributed by atoms with Crippen molar-refractivity contribution >= 4 is 33.1 Å². The minimum Gasteiger partial charge on any atom is -0.449 e. The average Bonchev–Trinajstić information content (AvgIpc) is 3.03. The number of halogens is 4. The SMILES string of the molecule is O=C(O)Oc1cnn(-c2nc3c(Br)cc(C(F)(F)F)cc3[nH]2)c1. The van der Waals surface area contributed by atoms with E-state index in [1.807, 2.05) is 0 Å². The molecule has 7 nitrogen and oxygen atoms in total. The lowest BCUT2D eigenvalue weighted by Gasteiger charge is -2.06. The smallest absolute Gasteiger partial charge is 0.449 e. The van der Waals surface area contributed by atoms with Gasteiger partial charge in [0, 0.05) is 4.47 Å². The van der Waals surface area contributed by atoms with Crippen LogP contribution in [0.15, 0.2) is 29.0 Å². The fraction of sp³-hybridized carbons (Fsp3) is 0.0833. The maximum absolute atomic E-state index is 12.8. The normalized spacial score (nSPS) is 11.8. The van der Waals surface area contributed by atoms with Gasteiger partial charge in [-0.1, -0.05) is 0 Å². The molecule has 2 aromatic heterocycles. The third-order valence-corrected chi connectivity index (χ3v) is 3.44. The molecular formula is C12H6BrF3N4O3. The number of benzene rings is 1. The summed E-state index contributed by atoms with van der Waals surface area (Å²) in [4.78, 5) is 17.3. The van der Waals surface area contributed by atoms with Gasteiger partial charge < -0.3 is 14.8 Å². The molecule has 2 heterocycles. The van der Waals surface area contributed by atoms with E-state index in [1.54, 1.807) is 0 Å². The number of hydrogen-bond donors (Lipinski definition) is 2. The number of carbonyl (C=O) groups is 1. The van der Waals surface area contributed by atoms with Gasteiger partial charge in [-0.25, -0.2) is 14.5 Å². The van der Waals surface area contributed by atoms with Crippen LogP contribution in [0.1, 0.15) is 5.56 Å². The fourth-order valence-corrected chi connectivity index (χ4v) is 2.46. The molecule has 0 unspecified atom stereocenters. The molecule has 2 N–H and O–H groups in total. The predicted octanol–water partition coefficient (Wildman–Crippen LogP) is 3.59. The van der Waals surface area contributed by atoms with Gasteiger partial charge in [0.25, 0.3) is 0 Å². The molecule has 11 heteroatoms. The van der Waals surface area contributed by atoms with Crippen LogP contribution in [0, 0.1) is 0 Å². The fourth-order valence-electron chi connectivity index (χ4n) is 1.91. The summed E-state index contributed by atoms with van der Waals surface area (Å²) in [6.07, 6.45) is -3.63. The van der Waals surface area contributed by atoms with Crippen molar-refractivity contribution in [1.82, 2.24) is 19.7 Å². The van der Waals surface area contributed by atoms with E-state index in [9.17, 15) is 18.0 Å². The first-order valence-corrected chi connectivity index (χ1v) is 6.75. The highest BCUT2D eigenvalue weighted by Crippen LogP contribution is 2.34. The number of aromatic amines is 1. The summed E-state index contributed by atoms with van der Waals surface area (Å²) in [6, 6.07) is 1.85. The molecule has 0 saturated carbocycles. The van der Waals surface area contributed by atoms with E-state index in [1.165, 1.54) is 6.20 Å². The lowest BCUT2D eigenvalue weighted by molar-refractivity contribution is -0.137. The molecule has 23 heavy (non-hydrogen) atoms. The van der Waals surface area contributed by atoms with E-state index in [2.05, 4.69) is 35.7 Å². The zero-order chi connectivity index (χ0) is 16.8. The van der Waals surface area contributed by atoms with E-state index >= 15 is 0 Å². The summed E-state index contributed by atoms with van der Waals surface area (Å²) in [5.41, 5.74) is -0.399. The Morgan fingerprint density at radius 1 is 1.39 bits per heavy atom. The highest BCUT2D eigenvalue weighted by atomic mass is 79.9. The van der Waals surface area contributed by atoms with Gasteiger partial charge in [0.2, 0.25) is 5.95 Å². The number of alkyl halides is 3. The Labute approximate surface area is 133 Å². The van der Waals surface area contributed by atoms with E-state index in [0.29, 0.717) is 0 Å². The van der Waals surface area contributed by atoms with Crippen molar-refractivity contribution in [1.29, 1.82) is 0 Å². The van der Waals surface area contributed by atoms with E-state index in [0.717, 1.165) is 23.0 Å². The van der Waals surface area contributed by atoms with Crippen LogP contribution in [-0.4, -0.2) is 31.0 Å². The monoisotopic (exact) mass is 390 g/mol. The number of aromatic nitrogens is 4. The Hall–Kier alpha value is -2.56. The van der Waals surface area contributed by atoms with E-state index in [4.69, 9.17) is 5.11 Å². The van der Waals surface area contributed by atoms with Crippen LogP contribution in [0.5, 0.6) is 5.75 Å². The Bertz CT molecular complexity index is 903. The molecule has 0 bridgehead atoms. The zero-order valence-electron chi connectivity index (χ0n) is 10.9. The maximum atomic E-state index is 12.8. The van der Waals surface area contributed by atoms with Gasteiger partial charge >= 0.3 is 12.3 Å². The van der Waals surface area contributed by atoms with Crippen LogP contribution in [0.2, 0.25) is 0 Å². The number of nitrogens with one attached hydrogen (secondary N) is 1. The largest absolute Gasteiger partial charge is 0.511 e. The van der Waals surface area contributed by atoms with Crippen LogP contribution in [0.25, 0.3) is 17.0 Å². The molecule has 0 saturated heterocycles. The molecule has 3 rings (SSSR count). The molecule has 0 fully saturated rings. The molecule has 120 valence electrons. The molecule has 0 aliphatic rings. The van der Waals surface area contributed by atoms with Crippen LogP contribution >= 0.6 is 15.9 Å². The number of rotatable bonds is 2. The lowest BCUT2D eigenvalue weighted by Crippen LogP contribution is -2.04. The third-order valence-electron chi connectivity index (χ3n) is 2.84.